The number of rotatable bonds is 15. The van der Waals surface area contributed by atoms with E-state index >= 15 is 0 Å². The Morgan fingerprint density at radius 3 is 1.82 bits per heavy atom. The Hall–Kier alpha value is -3.15. The van der Waals surface area contributed by atoms with Crippen LogP contribution in [0.5, 0.6) is 0 Å². The van der Waals surface area contributed by atoms with E-state index < -0.39 is 39.4 Å². The lowest BCUT2D eigenvalue weighted by atomic mass is 10.2. The zero-order valence-corrected chi connectivity index (χ0v) is 24.1. The molecule has 0 aromatic heterocycles. The molecule has 0 bridgehead atoms. The Labute approximate surface area is 247 Å². The molecule has 0 fully saturated rings. The number of nitrogens with zero attached hydrogens (tertiary/aromatic N) is 3. The first-order valence-corrected chi connectivity index (χ1v) is 13.3. The molecule has 0 aliphatic carbocycles. The minimum atomic E-state index is -0.926. The highest BCUT2D eigenvalue weighted by Crippen LogP contribution is 2.40. The highest BCUT2D eigenvalue weighted by Gasteiger charge is 2.24. The van der Waals surface area contributed by atoms with Gasteiger partial charge in [-0.1, -0.05) is 21.6 Å². The molecular formula is C22H23Cl2N4O10S2-. The number of methoxy groups -OCH3 is 2. The minimum Gasteiger partial charge on any atom is -1.00 e. The van der Waals surface area contributed by atoms with Crippen LogP contribution in [-0.2, 0) is 18.9 Å². The molecule has 0 spiro atoms. The van der Waals surface area contributed by atoms with Gasteiger partial charge in [-0.15, -0.1) is 0 Å². The molecule has 2 N–H and O–H groups in total. The normalized spacial score (nSPS) is 11.1. The van der Waals surface area contributed by atoms with Crippen LogP contribution in [0.3, 0.4) is 0 Å². The molecule has 2 rings (SSSR count). The number of carbonyl (C=O) groups excluding carboxylic acids is 2. The van der Waals surface area contributed by atoms with Crippen molar-refractivity contribution >= 4 is 62.6 Å². The topological polar surface area (TPSA) is 197 Å². The lowest BCUT2D eigenvalue weighted by molar-refractivity contribution is -0.385. The van der Waals surface area contributed by atoms with Crippen LogP contribution in [-0.4, -0.2) is 61.3 Å². The summed E-state index contributed by atoms with van der Waals surface area (Å²) in [6.07, 6.45) is -0.453. The van der Waals surface area contributed by atoms with Crippen molar-refractivity contribution < 1.29 is 56.2 Å². The molecule has 2 aromatic carbocycles. The molecule has 1 unspecified atom stereocenters. The fraction of sp³-hybridized carbons (Fsp3) is 0.318. The Balaban J connectivity index is 0.00000800. The molecule has 0 amide bonds. The highest BCUT2D eigenvalue weighted by molar-refractivity contribution is 8.76. The number of esters is 2. The summed E-state index contributed by atoms with van der Waals surface area (Å²) in [5.74, 6) is -1.71. The van der Waals surface area contributed by atoms with Crippen molar-refractivity contribution in [2.45, 2.75) is 28.9 Å². The van der Waals surface area contributed by atoms with Crippen molar-refractivity contribution in [3.05, 3.63) is 72.6 Å². The number of ether oxygens (including phenoxy) is 4. The number of hydrogen-bond acceptors (Lipinski definition) is 12. The van der Waals surface area contributed by atoms with E-state index in [1.54, 1.807) is 0 Å². The minimum absolute atomic E-state index is 0. The largest absolute Gasteiger partial charge is 1.00 e. The molecule has 218 valence electrons. The number of nitro benzene ring substituents is 2. The summed E-state index contributed by atoms with van der Waals surface area (Å²) in [4.78, 5) is 50.7. The van der Waals surface area contributed by atoms with Crippen molar-refractivity contribution in [2.75, 3.05) is 27.4 Å². The van der Waals surface area contributed by atoms with E-state index in [1.807, 2.05) is 0 Å². The molecule has 0 saturated heterocycles. The Bertz CT molecular complexity index is 1230. The van der Waals surface area contributed by atoms with E-state index in [9.17, 15) is 29.8 Å². The van der Waals surface area contributed by atoms with Crippen LogP contribution in [0.25, 0.3) is 4.84 Å². The summed E-state index contributed by atoms with van der Waals surface area (Å²) in [5, 5.41) is 28.3. The molecule has 0 aliphatic heterocycles. The third kappa shape index (κ3) is 10.4. The SMILES string of the molecule is COC(=[NH2+])CCOC(=O)c1cc(SSc2ccc([N+](=O)[O-])c(C(=O)OCCC([N-]Cl)OC)c2)ccc1[N+](=O)[O-].[Cl-]. The fourth-order valence-corrected chi connectivity index (χ4v) is 4.98. The molecule has 0 heterocycles. The van der Waals surface area contributed by atoms with E-state index in [2.05, 4.69) is 4.84 Å². The zero-order chi connectivity index (χ0) is 28.9. The Morgan fingerprint density at radius 2 is 1.43 bits per heavy atom. The maximum Gasteiger partial charge on any atom is 0.345 e. The maximum atomic E-state index is 12.5. The predicted molar refractivity (Wildman–Crippen MR) is 142 cm³/mol. The molecule has 0 radical (unpaired) electrons. The van der Waals surface area contributed by atoms with E-state index in [0.29, 0.717) is 9.79 Å². The van der Waals surface area contributed by atoms with Gasteiger partial charge in [0.25, 0.3) is 11.4 Å². The Morgan fingerprint density at radius 1 is 0.950 bits per heavy atom. The quantitative estimate of drug-likeness (QED) is 0.0717. The summed E-state index contributed by atoms with van der Waals surface area (Å²) < 4.78 is 19.9. The summed E-state index contributed by atoms with van der Waals surface area (Å²) in [5.41, 5.74) is -1.45. The highest BCUT2D eigenvalue weighted by atomic mass is 35.5. The van der Waals surface area contributed by atoms with Gasteiger partial charge in [-0.25, -0.2) is 15.0 Å². The summed E-state index contributed by atoms with van der Waals surface area (Å²) >= 11 is 5.36. The van der Waals surface area contributed by atoms with Gasteiger partial charge >= 0.3 is 17.8 Å². The van der Waals surface area contributed by atoms with Crippen LogP contribution in [0.15, 0.2) is 46.2 Å². The average molecular weight is 638 g/mol. The molecule has 18 heteroatoms. The second kappa shape index (κ2) is 17.5. The third-order valence-corrected chi connectivity index (χ3v) is 7.42. The summed E-state index contributed by atoms with van der Waals surface area (Å²) in [6.45, 7) is -0.287. The fourth-order valence-electron chi connectivity index (χ4n) is 2.84. The van der Waals surface area contributed by atoms with Gasteiger partial charge in [0.2, 0.25) is 0 Å². The van der Waals surface area contributed by atoms with Gasteiger partial charge in [0.05, 0.1) is 23.6 Å². The van der Waals surface area contributed by atoms with Gasteiger partial charge in [-0.05, 0) is 36.9 Å². The molecular weight excluding hydrogens is 615 g/mol. The van der Waals surface area contributed by atoms with Gasteiger partial charge in [-0.3, -0.25) is 32.0 Å². The maximum absolute atomic E-state index is 12.5. The second-order valence-electron chi connectivity index (χ2n) is 7.31. The van der Waals surface area contributed by atoms with Gasteiger partial charge < -0.3 is 36.2 Å². The number of nitrogens with two attached hydrogens (primary N) is 1. The van der Waals surface area contributed by atoms with E-state index in [0.717, 1.165) is 33.7 Å². The average Bonchev–Trinajstić information content (AvgIpc) is 2.93. The first-order chi connectivity index (χ1) is 18.6. The monoisotopic (exact) mass is 637 g/mol. The number of hydrogen-bond donors (Lipinski definition) is 1. The van der Waals surface area contributed by atoms with Crippen LogP contribution in [0.2, 0.25) is 0 Å². The van der Waals surface area contributed by atoms with Gasteiger partial charge in [0.1, 0.15) is 24.2 Å². The first kappa shape index (κ1) is 34.9. The predicted octanol–water partition coefficient (Wildman–Crippen LogP) is 0.704. The van der Waals surface area contributed by atoms with Crippen molar-refractivity contribution in [1.82, 2.24) is 0 Å². The lowest BCUT2D eigenvalue weighted by Gasteiger charge is -2.23. The van der Waals surface area contributed by atoms with Crippen molar-refractivity contribution in [3.63, 3.8) is 0 Å². The van der Waals surface area contributed by atoms with Crippen molar-refractivity contribution in [3.8, 4) is 0 Å². The molecule has 40 heavy (non-hydrogen) atoms. The van der Waals surface area contributed by atoms with E-state index in [-0.39, 0.29) is 55.5 Å². The van der Waals surface area contributed by atoms with Gasteiger partial charge in [0.15, 0.2) is 0 Å². The molecule has 1 atom stereocenters. The molecule has 0 aliphatic rings. The van der Waals surface area contributed by atoms with Crippen LogP contribution in [0.4, 0.5) is 11.4 Å². The van der Waals surface area contributed by atoms with E-state index in [4.69, 9.17) is 36.1 Å². The lowest BCUT2D eigenvalue weighted by Crippen LogP contribution is -3.00. The second-order valence-corrected chi connectivity index (χ2v) is 9.78. The van der Waals surface area contributed by atoms with Crippen LogP contribution < -0.4 is 17.8 Å². The Kier molecular flexibility index (Phi) is 15.3. The van der Waals surface area contributed by atoms with Crippen LogP contribution in [0, 0.1) is 20.2 Å². The van der Waals surface area contributed by atoms with Crippen molar-refractivity contribution in [1.29, 1.82) is 0 Å². The standard InChI is InChI=1S/C22H22ClN4O10S2.ClH/c1-34-19(24)7-9-36-21(28)15-11-13(3-5-17(15)26(30)31)38-39-14-4-6-18(27(32)33)16(12-14)22(29)37-10-8-20(25-23)35-2;/h3-6,11-12,20,24H,7-10H2,1-2H3;1H/q-1;. The number of carbonyl (C=O) groups is 2. The van der Waals surface area contributed by atoms with E-state index in [1.165, 1.54) is 38.5 Å². The molecule has 14 nitrogen and oxygen atoms in total. The van der Waals surface area contributed by atoms with Gasteiger partial charge in [0, 0.05) is 29.0 Å². The van der Waals surface area contributed by atoms with Crippen molar-refractivity contribution in [2.24, 2.45) is 0 Å². The third-order valence-electron chi connectivity index (χ3n) is 4.83. The van der Waals surface area contributed by atoms with Gasteiger partial charge in [-0.2, -0.15) is 0 Å². The molecule has 2 aromatic rings. The van der Waals surface area contributed by atoms with Crippen LogP contribution >= 0.6 is 33.4 Å². The number of benzene rings is 2. The molecule has 0 saturated carbocycles. The number of nitro groups is 2. The summed E-state index contributed by atoms with van der Waals surface area (Å²) in [6, 6.07) is 7.75. The van der Waals surface area contributed by atoms with Crippen LogP contribution in [0.1, 0.15) is 33.6 Å². The first-order valence-electron chi connectivity index (χ1n) is 10.9. The number of halogens is 2. The summed E-state index contributed by atoms with van der Waals surface area (Å²) in [7, 11) is 4.92. The zero-order valence-electron chi connectivity index (χ0n) is 20.9. The smallest absolute Gasteiger partial charge is 0.345 e.